The zero-order chi connectivity index (χ0) is 20.2. The molecule has 0 aliphatic carbocycles. The lowest BCUT2D eigenvalue weighted by Crippen LogP contribution is -2.26. The van der Waals surface area contributed by atoms with Gasteiger partial charge in [-0.25, -0.2) is 9.37 Å². The standard InChI is InChI=1S/C21H17FN4O3/c22-14-6-1-2-7-15(14)25-20(27)13-26-17-9-4-3-8-16(17)24-19(26)12-23-21(28)18-10-5-11-29-18/h1-11H,12-13H2,(H,23,28)(H,25,27). The van der Waals surface area contributed by atoms with Crippen LogP contribution in [0.5, 0.6) is 0 Å². The molecule has 29 heavy (non-hydrogen) atoms. The Morgan fingerprint density at radius 3 is 2.62 bits per heavy atom. The molecule has 7 nitrogen and oxygen atoms in total. The van der Waals surface area contributed by atoms with Crippen LogP contribution in [0.3, 0.4) is 0 Å². The molecule has 2 aromatic heterocycles. The maximum absolute atomic E-state index is 13.8. The molecule has 4 rings (SSSR count). The number of para-hydroxylation sites is 3. The number of hydrogen-bond acceptors (Lipinski definition) is 4. The van der Waals surface area contributed by atoms with Crippen LogP contribution in [0.1, 0.15) is 16.4 Å². The van der Waals surface area contributed by atoms with Crippen molar-refractivity contribution in [2.45, 2.75) is 13.1 Å². The molecule has 0 unspecified atom stereocenters. The molecule has 0 saturated carbocycles. The zero-order valence-electron chi connectivity index (χ0n) is 15.3. The average molecular weight is 392 g/mol. The summed E-state index contributed by atoms with van der Waals surface area (Å²) in [6.07, 6.45) is 1.41. The van der Waals surface area contributed by atoms with E-state index in [2.05, 4.69) is 15.6 Å². The van der Waals surface area contributed by atoms with E-state index in [0.717, 1.165) is 5.52 Å². The van der Waals surface area contributed by atoms with Gasteiger partial charge in [-0.1, -0.05) is 24.3 Å². The van der Waals surface area contributed by atoms with Gasteiger partial charge in [0.25, 0.3) is 5.91 Å². The van der Waals surface area contributed by atoms with Gasteiger partial charge in [0, 0.05) is 0 Å². The fourth-order valence-corrected chi connectivity index (χ4v) is 2.99. The summed E-state index contributed by atoms with van der Waals surface area (Å²) in [5.74, 6) is -0.622. The van der Waals surface area contributed by atoms with Crippen molar-refractivity contribution in [3.05, 3.63) is 84.3 Å². The lowest BCUT2D eigenvalue weighted by Gasteiger charge is -2.11. The molecular weight excluding hydrogens is 375 g/mol. The summed E-state index contributed by atoms with van der Waals surface area (Å²) < 4.78 is 20.6. The number of nitrogens with zero attached hydrogens (tertiary/aromatic N) is 2. The molecule has 0 fully saturated rings. The van der Waals surface area contributed by atoms with E-state index in [1.54, 1.807) is 28.8 Å². The minimum atomic E-state index is -0.512. The van der Waals surface area contributed by atoms with E-state index >= 15 is 0 Å². The van der Waals surface area contributed by atoms with Crippen LogP contribution in [0.25, 0.3) is 11.0 Å². The molecule has 2 amide bonds. The first kappa shape index (κ1) is 18.4. The third kappa shape index (κ3) is 4.01. The lowest BCUT2D eigenvalue weighted by atomic mass is 10.3. The zero-order valence-corrected chi connectivity index (χ0v) is 15.3. The number of amides is 2. The van der Waals surface area contributed by atoms with Crippen molar-refractivity contribution in [1.82, 2.24) is 14.9 Å². The van der Waals surface area contributed by atoms with E-state index < -0.39 is 11.7 Å². The molecule has 4 aromatic rings. The van der Waals surface area contributed by atoms with Gasteiger partial charge >= 0.3 is 0 Å². The molecule has 8 heteroatoms. The van der Waals surface area contributed by atoms with Gasteiger partial charge < -0.3 is 19.6 Å². The Morgan fingerprint density at radius 1 is 1.03 bits per heavy atom. The van der Waals surface area contributed by atoms with Gasteiger partial charge in [-0.3, -0.25) is 9.59 Å². The normalized spacial score (nSPS) is 10.8. The van der Waals surface area contributed by atoms with Gasteiger partial charge in [-0.2, -0.15) is 0 Å². The van der Waals surface area contributed by atoms with Gasteiger partial charge in [0.05, 0.1) is 29.5 Å². The monoisotopic (exact) mass is 392 g/mol. The largest absolute Gasteiger partial charge is 0.459 e. The van der Waals surface area contributed by atoms with E-state index in [1.807, 2.05) is 24.3 Å². The maximum atomic E-state index is 13.8. The molecule has 0 radical (unpaired) electrons. The second-order valence-corrected chi connectivity index (χ2v) is 6.29. The summed E-state index contributed by atoms with van der Waals surface area (Å²) in [6, 6.07) is 16.5. The summed E-state index contributed by atoms with van der Waals surface area (Å²) in [7, 11) is 0. The molecule has 2 heterocycles. The number of furan rings is 1. The molecule has 0 aliphatic heterocycles. The number of fused-ring (bicyclic) bond motifs is 1. The lowest BCUT2D eigenvalue weighted by molar-refractivity contribution is -0.116. The van der Waals surface area contributed by atoms with Crippen molar-refractivity contribution in [3.63, 3.8) is 0 Å². The minimum Gasteiger partial charge on any atom is -0.459 e. The number of carbonyl (C=O) groups is 2. The number of nitrogens with one attached hydrogen (secondary N) is 2. The molecule has 0 spiro atoms. The Hall–Kier alpha value is -3.94. The topological polar surface area (TPSA) is 89.2 Å². The highest BCUT2D eigenvalue weighted by Crippen LogP contribution is 2.17. The average Bonchev–Trinajstić information content (AvgIpc) is 3.37. The van der Waals surface area contributed by atoms with Crippen molar-refractivity contribution < 1.29 is 18.4 Å². The molecule has 2 N–H and O–H groups in total. The van der Waals surface area contributed by atoms with Gasteiger partial charge in [0.2, 0.25) is 5.91 Å². The van der Waals surface area contributed by atoms with Crippen LogP contribution >= 0.6 is 0 Å². The highest BCUT2D eigenvalue weighted by molar-refractivity contribution is 5.92. The van der Waals surface area contributed by atoms with Crippen molar-refractivity contribution >= 4 is 28.5 Å². The molecule has 0 atom stereocenters. The number of carbonyl (C=O) groups excluding carboxylic acids is 2. The predicted octanol–water partition coefficient (Wildman–Crippen LogP) is 3.34. The third-order valence-electron chi connectivity index (χ3n) is 4.34. The van der Waals surface area contributed by atoms with Crippen molar-refractivity contribution in [1.29, 1.82) is 0 Å². The number of aromatic nitrogens is 2. The fraction of sp³-hybridized carbons (Fsp3) is 0.0952. The van der Waals surface area contributed by atoms with Crippen LogP contribution in [0.2, 0.25) is 0 Å². The smallest absolute Gasteiger partial charge is 0.287 e. The van der Waals surface area contributed by atoms with Gasteiger partial charge in [-0.05, 0) is 36.4 Å². The highest BCUT2D eigenvalue weighted by Gasteiger charge is 2.16. The van der Waals surface area contributed by atoms with Crippen LogP contribution < -0.4 is 10.6 Å². The van der Waals surface area contributed by atoms with Crippen LogP contribution in [0, 0.1) is 5.82 Å². The van der Waals surface area contributed by atoms with Crippen LogP contribution in [0.4, 0.5) is 10.1 Å². The summed E-state index contributed by atoms with van der Waals surface area (Å²) >= 11 is 0. The van der Waals surface area contributed by atoms with E-state index in [-0.39, 0.29) is 30.4 Å². The van der Waals surface area contributed by atoms with Gasteiger partial charge in [-0.15, -0.1) is 0 Å². The van der Waals surface area contributed by atoms with E-state index in [4.69, 9.17) is 4.42 Å². The van der Waals surface area contributed by atoms with Crippen LogP contribution in [0.15, 0.2) is 71.3 Å². The molecular formula is C21H17FN4O3. The van der Waals surface area contributed by atoms with Crippen molar-refractivity contribution in [3.8, 4) is 0 Å². The van der Waals surface area contributed by atoms with E-state index in [0.29, 0.717) is 11.3 Å². The fourth-order valence-electron chi connectivity index (χ4n) is 2.99. The Kier molecular flexibility index (Phi) is 5.07. The SMILES string of the molecule is O=C(Cn1c(CNC(=O)c2ccco2)nc2ccccc21)Nc1ccccc1F. The van der Waals surface area contributed by atoms with E-state index in [1.165, 1.54) is 18.4 Å². The summed E-state index contributed by atoms with van der Waals surface area (Å²) in [5.41, 5.74) is 1.53. The molecule has 0 saturated heterocycles. The molecule has 0 bridgehead atoms. The second-order valence-electron chi connectivity index (χ2n) is 6.29. The first-order valence-corrected chi connectivity index (χ1v) is 8.92. The number of benzene rings is 2. The van der Waals surface area contributed by atoms with Crippen molar-refractivity contribution in [2.24, 2.45) is 0 Å². The molecule has 146 valence electrons. The quantitative estimate of drug-likeness (QED) is 0.527. The minimum absolute atomic E-state index is 0.0825. The van der Waals surface area contributed by atoms with Crippen LogP contribution in [-0.4, -0.2) is 21.4 Å². The Balaban J connectivity index is 1.55. The molecule has 0 aliphatic rings. The maximum Gasteiger partial charge on any atom is 0.287 e. The number of hydrogen-bond donors (Lipinski definition) is 2. The number of imidazole rings is 1. The van der Waals surface area contributed by atoms with E-state index in [9.17, 15) is 14.0 Å². The second kappa shape index (κ2) is 7.97. The summed E-state index contributed by atoms with van der Waals surface area (Å²) in [4.78, 5) is 29.2. The number of halogens is 1. The van der Waals surface area contributed by atoms with Gasteiger partial charge in [0.1, 0.15) is 18.2 Å². The Bertz CT molecular complexity index is 1170. The van der Waals surface area contributed by atoms with Gasteiger partial charge in [0.15, 0.2) is 5.76 Å². The summed E-state index contributed by atoms with van der Waals surface area (Å²) in [5, 5.41) is 5.29. The third-order valence-corrected chi connectivity index (χ3v) is 4.34. The predicted molar refractivity (Wildman–Crippen MR) is 105 cm³/mol. The Labute approximate surface area is 165 Å². The molecule has 2 aromatic carbocycles. The van der Waals surface area contributed by atoms with Crippen LogP contribution in [-0.2, 0) is 17.9 Å². The first-order chi connectivity index (χ1) is 14.1. The number of anilines is 1. The van der Waals surface area contributed by atoms with Crippen molar-refractivity contribution in [2.75, 3.05) is 5.32 Å². The summed E-state index contributed by atoms with van der Waals surface area (Å²) in [6.45, 7) is 0.0159. The highest BCUT2D eigenvalue weighted by atomic mass is 19.1. The first-order valence-electron chi connectivity index (χ1n) is 8.92. The number of rotatable bonds is 6. The Morgan fingerprint density at radius 2 is 1.83 bits per heavy atom.